The van der Waals surface area contributed by atoms with E-state index in [9.17, 15) is 0 Å². The minimum absolute atomic E-state index is 0.121. The topological polar surface area (TPSA) is 47.0 Å². The lowest BCUT2D eigenvalue weighted by Crippen LogP contribution is -2.44. The Morgan fingerprint density at radius 3 is 3.15 bits per heavy atom. The average molecular weight is 293 g/mol. The van der Waals surface area contributed by atoms with Crippen molar-refractivity contribution in [3.63, 3.8) is 0 Å². The van der Waals surface area contributed by atoms with Gasteiger partial charge in [-0.2, -0.15) is 11.8 Å². The Morgan fingerprint density at radius 1 is 1.50 bits per heavy atom. The fraction of sp³-hybridized carbons (Fsp3) is 0.733. The molecule has 0 amide bonds. The van der Waals surface area contributed by atoms with Crippen LogP contribution in [0.1, 0.15) is 37.7 Å². The van der Waals surface area contributed by atoms with Gasteiger partial charge in [-0.25, -0.2) is 9.97 Å². The van der Waals surface area contributed by atoms with E-state index in [0.29, 0.717) is 6.04 Å². The second-order valence-corrected chi connectivity index (χ2v) is 6.92. The lowest BCUT2D eigenvalue weighted by molar-refractivity contribution is -0.0628. The molecule has 0 aliphatic carbocycles. The summed E-state index contributed by atoms with van der Waals surface area (Å²) < 4.78 is 6.07. The zero-order valence-corrected chi connectivity index (χ0v) is 13.1. The van der Waals surface area contributed by atoms with Gasteiger partial charge in [0, 0.05) is 30.2 Å². The molecule has 1 aromatic rings. The molecule has 1 spiro atoms. The molecule has 2 aliphatic heterocycles. The van der Waals surface area contributed by atoms with Gasteiger partial charge >= 0.3 is 0 Å². The van der Waals surface area contributed by atoms with E-state index in [-0.39, 0.29) is 5.60 Å². The molecular formula is C15H23N3OS. The maximum absolute atomic E-state index is 6.07. The van der Waals surface area contributed by atoms with Crippen LogP contribution in [-0.2, 0) is 11.2 Å². The summed E-state index contributed by atoms with van der Waals surface area (Å²) in [7, 11) is 0. The van der Waals surface area contributed by atoms with E-state index >= 15 is 0 Å². The third kappa shape index (κ3) is 3.09. The molecule has 2 fully saturated rings. The summed E-state index contributed by atoms with van der Waals surface area (Å²) in [5.74, 6) is 4.21. The Balaban J connectivity index is 1.69. The fourth-order valence-corrected chi connectivity index (χ4v) is 4.49. The number of ether oxygens (including phenoxy) is 1. The summed E-state index contributed by atoms with van der Waals surface area (Å²) in [6.07, 6.45) is 4.31. The van der Waals surface area contributed by atoms with Gasteiger partial charge in [-0.05, 0) is 38.4 Å². The summed E-state index contributed by atoms with van der Waals surface area (Å²) in [5, 5.41) is 3.61. The van der Waals surface area contributed by atoms with E-state index in [1.54, 1.807) is 0 Å². The molecule has 110 valence electrons. The van der Waals surface area contributed by atoms with Gasteiger partial charge < -0.3 is 10.1 Å². The molecular weight excluding hydrogens is 270 g/mol. The zero-order valence-electron chi connectivity index (χ0n) is 12.3. The number of anilines is 1. The van der Waals surface area contributed by atoms with Gasteiger partial charge in [-0.15, -0.1) is 0 Å². The summed E-state index contributed by atoms with van der Waals surface area (Å²) >= 11 is 2.02. The number of rotatable bonds is 3. The molecule has 2 aliphatic rings. The van der Waals surface area contributed by atoms with Crippen LogP contribution in [0.5, 0.6) is 0 Å². The Bertz CT molecular complexity index is 474. The Kier molecular flexibility index (Phi) is 4.17. The number of aryl methyl sites for hydroxylation is 2. The van der Waals surface area contributed by atoms with Crippen LogP contribution in [-0.4, -0.2) is 39.7 Å². The van der Waals surface area contributed by atoms with Crippen molar-refractivity contribution in [3.05, 3.63) is 17.6 Å². The molecule has 2 unspecified atom stereocenters. The number of thioether (sulfide) groups is 1. The molecule has 1 aromatic heterocycles. The minimum atomic E-state index is 0.121. The highest BCUT2D eigenvalue weighted by atomic mass is 32.2. The van der Waals surface area contributed by atoms with Crippen LogP contribution in [0.2, 0.25) is 0 Å². The molecule has 0 bridgehead atoms. The molecule has 0 radical (unpaired) electrons. The molecule has 2 atom stereocenters. The first-order valence-electron chi connectivity index (χ1n) is 7.52. The van der Waals surface area contributed by atoms with Crippen LogP contribution in [0.4, 0.5) is 5.82 Å². The number of aromatic nitrogens is 2. The van der Waals surface area contributed by atoms with Crippen molar-refractivity contribution in [1.29, 1.82) is 0 Å². The van der Waals surface area contributed by atoms with Gasteiger partial charge in [0.2, 0.25) is 0 Å². The molecule has 1 N–H and O–H groups in total. The van der Waals surface area contributed by atoms with Crippen LogP contribution < -0.4 is 5.32 Å². The summed E-state index contributed by atoms with van der Waals surface area (Å²) in [5.41, 5.74) is 1.23. The molecule has 5 heteroatoms. The highest BCUT2D eigenvalue weighted by Crippen LogP contribution is 2.38. The van der Waals surface area contributed by atoms with Gasteiger partial charge in [0.25, 0.3) is 0 Å². The van der Waals surface area contributed by atoms with Crippen molar-refractivity contribution >= 4 is 17.6 Å². The highest BCUT2D eigenvalue weighted by Gasteiger charge is 2.40. The number of nitrogens with zero attached hydrogens (tertiary/aromatic N) is 2. The van der Waals surface area contributed by atoms with Crippen molar-refractivity contribution in [2.24, 2.45) is 0 Å². The van der Waals surface area contributed by atoms with Gasteiger partial charge in [0.05, 0.1) is 5.60 Å². The third-order valence-corrected chi connectivity index (χ3v) is 5.39. The van der Waals surface area contributed by atoms with Crippen molar-refractivity contribution in [2.75, 3.05) is 23.4 Å². The second-order valence-electron chi connectivity index (χ2n) is 5.81. The van der Waals surface area contributed by atoms with E-state index in [1.807, 2.05) is 18.7 Å². The normalized spacial score (nSPS) is 29.8. The molecule has 3 heterocycles. The quantitative estimate of drug-likeness (QED) is 0.928. The molecule has 0 aromatic carbocycles. The maximum Gasteiger partial charge on any atom is 0.130 e. The first-order chi connectivity index (χ1) is 9.69. The van der Waals surface area contributed by atoms with Crippen LogP contribution in [0, 0.1) is 6.92 Å². The lowest BCUT2D eigenvalue weighted by atomic mass is 9.90. The van der Waals surface area contributed by atoms with Crippen molar-refractivity contribution in [1.82, 2.24) is 9.97 Å². The van der Waals surface area contributed by atoms with E-state index in [4.69, 9.17) is 4.74 Å². The average Bonchev–Trinajstić information content (AvgIpc) is 2.86. The summed E-state index contributed by atoms with van der Waals surface area (Å²) in [6.45, 7) is 4.96. The molecule has 4 nitrogen and oxygen atoms in total. The maximum atomic E-state index is 6.07. The Morgan fingerprint density at radius 2 is 2.40 bits per heavy atom. The summed E-state index contributed by atoms with van der Waals surface area (Å²) in [4.78, 5) is 8.96. The van der Waals surface area contributed by atoms with Crippen LogP contribution in [0.3, 0.4) is 0 Å². The third-order valence-electron chi connectivity index (χ3n) is 4.17. The van der Waals surface area contributed by atoms with Gasteiger partial charge in [0.1, 0.15) is 11.6 Å². The van der Waals surface area contributed by atoms with Gasteiger partial charge in [-0.3, -0.25) is 0 Å². The first kappa shape index (κ1) is 14.1. The largest absolute Gasteiger partial charge is 0.374 e. The van der Waals surface area contributed by atoms with Gasteiger partial charge in [-0.1, -0.05) is 6.92 Å². The molecule has 2 saturated heterocycles. The minimum Gasteiger partial charge on any atom is -0.374 e. The predicted octanol–water partition coefficient (Wildman–Crippen LogP) is 2.81. The fourth-order valence-electron chi connectivity index (χ4n) is 3.11. The van der Waals surface area contributed by atoms with E-state index in [0.717, 1.165) is 49.0 Å². The highest BCUT2D eigenvalue weighted by molar-refractivity contribution is 7.99. The monoisotopic (exact) mass is 293 g/mol. The number of hydrogen-bond donors (Lipinski definition) is 1. The van der Waals surface area contributed by atoms with E-state index in [2.05, 4.69) is 28.3 Å². The van der Waals surface area contributed by atoms with Crippen LogP contribution in [0.25, 0.3) is 0 Å². The van der Waals surface area contributed by atoms with Crippen molar-refractivity contribution in [2.45, 2.75) is 51.2 Å². The second kappa shape index (κ2) is 5.90. The predicted molar refractivity (Wildman–Crippen MR) is 83.4 cm³/mol. The smallest absolute Gasteiger partial charge is 0.130 e. The number of nitrogens with one attached hydrogen (secondary N) is 1. The first-order valence-corrected chi connectivity index (χ1v) is 8.67. The zero-order chi connectivity index (χ0) is 14.0. The molecule has 20 heavy (non-hydrogen) atoms. The SMILES string of the molecule is CCc1cc(NC2CCOC3(CCSC3)C2)nc(C)n1. The van der Waals surface area contributed by atoms with Gasteiger partial charge in [0.15, 0.2) is 0 Å². The van der Waals surface area contributed by atoms with Crippen LogP contribution in [0.15, 0.2) is 6.07 Å². The number of hydrogen-bond acceptors (Lipinski definition) is 5. The Hall–Kier alpha value is -0.810. The standard InChI is InChI=1S/C15H23N3OS/c1-3-12-8-14(17-11(2)16-12)18-13-4-6-19-15(9-13)5-7-20-10-15/h8,13H,3-7,9-10H2,1-2H3,(H,16,17,18). The lowest BCUT2D eigenvalue weighted by Gasteiger charge is -2.38. The van der Waals surface area contributed by atoms with E-state index in [1.165, 1.54) is 12.2 Å². The molecule has 0 saturated carbocycles. The van der Waals surface area contributed by atoms with Crippen molar-refractivity contribution in [3.8, 4) is 0 Å². The van der Waals surface area contributed by atoms with Crippen molar-refractivity contribution < 1.29 is 4.74 Å². The summed E-state index contributed by atoms with van der Waals surface area (Å²) in [6, 6.07) is 2.56. The molecule has 3 rings (SSSR count). The van der Waals surface area contributed by atoms with E-state index < -0.39 is 0 Å². The van der Waals surface area contributed by atoms with Crippen LogP contribution >= 0.6 is 11.8 Å². The Labute approximate surface area is 125 Å².